The summed E-state index contributed by atoms with van der Waals surface area (Å²) in [5.74, 6) is 0. The summed E-state index contributed by atoms with van der Waals surface area (Å²) >= 11 is 2.41. The zero-order valence-corrected chi connectivity index (χ0v) is 20.3. The Morgan fingerprint density at radius 1 is 0.500 bits per heavy atom. The highest BCUT2D eigenvalue weighted by molar-refractivity contribution is 14.1. The van der Waals surface area contributed by atoms with Crippen LogP contribution in [0.15, 0.2) is 58.2 Å². The molecule has 0 unspecified atom stereocenters. The summed E-state index contributed by atoms with van der Waals surface area (Å²) in [5.41, 5.74) is 7.54. The predicted octanol–water partition coefficient (Wildman–Crippen LogP) is 9.29. The quantitative estimate of drug-likeness (QED) is 0.144. The van der Waals surface area contributed by atoms with E-state index in [1.165, 1.54) is 79.2 Å². The van der Waals surface area contributed by atoms with Crippen LogP contribution in [0.5, 0.6) is 0 Å². The molecule has 0 heterocycles. The molecular formula is C25H41I. The van der Waals surface area contributed by atoms with Crippen molar-refractivity contribution in [2.24, 2.45) is 0 Å². The molecule has 0 bridgehead atoms. The van der Waals surface area contributed by atoms with Crippen LogP contribution in [0.1, 0.15) is 92.9 Å². The van der Waals surface area contributed by atoms with E-state index in [0.29, 0.717) is 0 Å². The van der Waals surface area contributed by atoms with E-state index < -0.39 is 0 Å². The van der Waals surface area contributed by atoms with Crippen molar-refractivity contribution in [1.82, 2.24) is 0 Å². The van der Waals surface area contributed by atoms with E-state index in [0.717, 1.165) is 4.43 Å². The van der Waals surface area contributed by atoms with Gasteiger partial charge in [0.2, 0.25) is 0 Å². The Hall–Kier alpha value is -0.570. The molecule has 0 saturated heterocycles. The van der Waals surface area contributed by atoms with Gasteiger partial charge in [-0.15, -0.1) is 0 Å². The van der Waals surface area contributed by atoms with E-state index in [-0.39, 0.29) is 0 Å². The van der Waals surface area contributed by atoms with Crippen LogP contribution in [-0.4, -0.2) is 4.43 Å². The predicted molar refractivity (Wildman–Crippen MR) is 130 cm³/mol. The molecule has 0 spiro atoms. The van der Waals surface area contributed by atoms with Gasteiger partial charge < -0.3 is 0 Å². The van der Waals surface area contributed by atoms with Crippen molar-refractivity contribution in [2.75, 3.05) is 4.43 Å². The zero-order chi connectivity index (χ0) is 19.8. The van der Waals surface area contributed by atoms with Crippen LogP contribution in [-0.2, 0) is 0 Å². The zero-order valence-electron chi connectivity index (χ0n) is 18.1. The van der Waals surface area contributed by atoms with Crippen LogP contribution >= 0.6 is 22.6 Å². The monoisotopic (exact) mass is 468 g/mol. The topological polar surface area (TPSA) is 0 Å². The van der Waals surface area contributed by atoms with Crippen molar-refractivity contribution in [3.05, 3.63) is 58.2 Å². The lowest BCUT2D eigenvalue weighted by atomic mass is 10.0. The minimum atomic E-state index is 1.13. The molecule has 148 valence electrons. The van der Waals surface area contributed by atoms with Gasteiger partial charge in [-0.3, -0.25) is 0 Å². The number of halogens is 1. The molecule has 0 aliphatic heterocycles. The number of hydrogen-bond donors (Lipinski definition) is 0. The fourth-order valence-corrected chi connectivity index (χ4v) is 3.52. The van der Waals surface area contributed by atoms with E-state index in [4.69, 9.17) is 0 Å². The summed E-state index contributed by atoms with van der Waals surface area (Å²) in [7, 11) is 0. The molecule has 0 fully saturated rings. The summed E-state index contributed by atoms with van der Waals surface area (Å²) in [4.78, 5) is 0. The lowest BCUT2D eigenvalue weighted by molar-refractivity contribution is 0.891. The Labute approximate surface area is 177 Å². The molecule has 0 N–H and O–H groups in total. The van der Waals surface area contributed by atoms with Gasteiger partial charge in [0.15, 0.2) is 0 Å². The molecule has 0 nitrogen and oxygen atoms in total. The largest absolute Gasteiger partial charge is 0.0856 e. The third-order valence-corrected chi connectivity index (χ3v) is 5.05. The number of allylic oxidation sites excluding steroid dienone is 10. The van der Waals surface area contributed by atoms with Gasteiger partial charge in [-0.05, 0) is 92.9 Å². The van der Waals surface area contributed by atoms with Gasteiger partial charge in [-0.1, -0.05) is 80.8 Å². The summed E-state index contributed by atoms with van der Waals surface area (Å²) < 4.78 is 1.13. The summed E-state index contributed by atoms with van der Waals surface area (Å²) in [6.45, 7) is 13.4. The molecule has 0 aromatic heterocycles. The van der Waals surface area contributed by atoms with Crippen LogP contribution < -0.4 is 0 Å². The van der Waals surface area contributed by atoms with Crippen molar-refractivity contribution >= 4 is 22.6 Å². The number of rotatable bonds is 13. The number of alkyl halides is 1. The maximum atomic E-state index is 2.44. The van der Waals surface area contributed by atoms with Crippen molar-refractivity contribution in [1.29, 1.82) is 0 Å². The molecule has 0 aliphatic rings. The molecule has 0 atom stereocenters. The lowest BCUT2D eigenvalue weighted by Crippen LogP contribution is -1.83. The molecule has 0 amide bonds. The van der Waals surface area contributed by atoms with Crippen LogP contribution in [0.2, 0.25) is 0 Å². The van der Waals surface area contributed by atoms with Gasteiger partial charge in [0.25, 0.3) is 0 Å². The molecule has 0 saturated carbocycles. The summed E-state index contributed by atoms with van der Waals surface area (Å²) in [6, 6.07) is 0. The van der Waals surface area contributed by atoms with E-state index in [9.17, 15) is 0 Å². The molecule has 1 heteroatoms. The second-order valence-electron chi connectivity index (χ2n) is 7.79. The molecular weight excluding hydrogens is 427 g/mol. The summed E-state index contributed by atoms with van der Waals surface area (Å²) in [6.07, 6.45) is 21.5. The summed E-state index contributed by atoms with van der Waals surface area (Å²) in [5, 5.41) is 0. The smallest absolute Gasteiger partial charge is 0.0178 e. The Morgan fingerprint density at radius 3 is 1.12 bits per heavy atom. The van der Waals surface area contributed by atoms with Crippen LogP contribution in [0.4, 0.5) is 0 Å². The third-order valence-electron chi connectivity index (χ3n) is 4.61. The average Bonchev–Trinajstić information content (AvgIpc) is 2.54. The first-order valence-corrected chi connectivity index (χ1v) is 11.7. The average molecular weight is 469 g/mol. The molecule has 0 aromatic carbocycles. The van der Waals surface area contributed by atoms with E-state index >= 15 is 0 Å². The third kappa shape index (κ3) is 16.9. The Kier molecular flexibility index (Phi) is 16.2. The van der Waals surface area contributed by atoms with E-state index in [2.05, 4.69) is 94.5 Å². The fraction of sp³-hybridized carbons (Fsp3) is 0.600. The first-order valence-electron chi connectivity index (χ1n) is 10.2. The number of hydrogen-bond acceptors (Lipinski definition) is 0. The van der Waals surface area contributed by atoms with Crippen LogP contribution in [0, 0.1) is 0 Å². The first-order chi connectivity index (χ1) is 12.3. The highest BCUT2D eigenvalue weighted by Gasteiger charge is 1.94. The Balaban J connectivity index is 4.03. The molecule has 0 radical (unpaired) electrons. The standard InChI is InChI=1S/C25H41I/c1-21(2)11-7-12-22(3)13-8-14-23(4)15-9-16-24(5)17-10-18-25(6)19-20-26/h11,13,15,17,19H,7-10,12,14,16,18,20H2,1-6H3. The van der Waals surface area contributed by atoms with Crippen LogP contribution in [0.3, 0.4) is 0 Å². The van der Waals surface area contributed by atoms with Crippen LogP contribution in [0.25, 0.3) is 0 Å². The maximum Gasteiger partial charge on any atom is 0.0178 e. The first kappa shape index (κ1) is 25.4. The van der Waals surface area contributed by atoms with Crippen molar-refractivity contribution in [3.8, 4) is 0 Å². The normalized spacial score (nSPS) is 14.0. The van der Waals surface area contributed by atoms with E-state index in [1.807, 2.05) is 0 Å². The maximum absolute atomic E-state index is 2.44. The molecule has 0 rings (SSSR count). The van der Waals surface area contributed by atoms with E-state index in [1.54, 1.807) is 0 Å². The van der Waals surface area contributed by atoms with Gasteiger partial charge in [0.1, 0.15) is 0 Å². The van der Waals surface area contributed by atoms with Crippen molar-refractivity contribution in [2.45, 2.75) is 92.9 Å². The van der Waals surface area contributed by atoms with Crippen molar-refractivity contribution in [3.63, 3.8) is 0 Å². The van der Waals surface area contributed by atoms with Gasteiger partial charge in [-0.2, -0.15) is 0 Å². The fourth-order valence-electron chi connectivity index (χ4n) is 2.77. The van der Waals surface area contributed by atoms with Gasteiger partial charge in [-0.25, -0.2) is 0 Å². The van der Waals surface area contributed by atoms with Gasteiger partial charge >= 0.3 is 0 Å². The molecule has 0 aromatic rings. The highest BCUT2D eigenvalue weighted by atomic mass is 127. The molecule has 0 aliphatic carbocycles. The second-order valence-corrected chi connectivity index (χ2v) is 8.67. The van der Waals surface area contributed by atoms with Crippen molar-refractivity contribution < 1.29 is 0 Å². The SMILES string of the molecule is CC(C)=CCCC(C)=CCCC(C)=CCCC(C)=CCCC(C)=CCI. The molecule has 26 heavy (non-hydrogen) atoms. The minimum absolute atomic E-state index is 1.13. The highest BCUT2D eigenvalue weighted by Crippen LogP contribution is 2.14. The van der Waals surface area contributed by atoms with Gasteiger partial charge in [0, 0.05) is 4.43 Å². The lowest BCUT2D eigenvalue weighted by Gasteiger charge is -2.03. The van der Waals surface area contributed by atoms with Gasteiger partial charge in [0.05, 0.1) is 0 Å². The minimum Gasteiger partial charge on any atom is -0.0856 e. The Bertz CT molecular complexity index is 522. The Morgan fingerprint density at radius 2 is 0.808 bits per heavy atom. The second kappa shape index (κ2) is 16.6.